The van der Waals surface area contributed by atoms with Gasteiger partial charge < -0.3 is 4.90 Å². The molecule has 0 aromatic carbocycles. The van der Waals surface area contributed by atoms with Crippen molar-refractivity contribution in [2.75, 3.05) is 13.1 Å². The molecule has 12 heavy (non-hydrogen) atoms. The Morgan fingerprint density at radius 1 is 1.42 bits per heavy atom. The van der Waals surface area contributed by atoms with Crippen molar-refractivity contribution in [2.24, 2.45) is 5.92 Å². The molecule has 1 aliphatic heterocycles. The summed E-state index contributed by atoms with van der Waals surface area (Å²) in [4.78, 5) is 2.61. The molecule has 1 rings (SSSR count). The number of rotatable bonds is 4. The lowest BCUT2D eigenvalue weighted by molar-refractivity contribution is 0.262. The lowest BCUT2D eigenvalue weighted by Gasteiger charge is -2.20. The molecular formula is C11H23N. The first kappa shape index (κ1) is 10.0. The van der Waals surface area contributed by atoms with Crippen LogP contribution in [0.5, 0.6) is 0 Å². The number of hydrogen-bond acceptors (Lipinski definition) is 1. The van der Waals surface area contributed by atoms with Crippen LogP contribution in [-0.4, -0.2) is 24.0 Å². The number of hydrogen-bond donors (Lipinski definition) is 0. The van der Waals surface area contributed by atoms with Crippen LogP contribution in [0.1, 0.15) is 46.5 Å². The maximum absolute atomic E-state index is 2.61. The van der Waals surface area contributed by atoms with Gasteiger partial charge in [-0.15, -0.1) is 0 Å². The molecule has 0 aromatic rings. The van der Waals surface area contributed by atoms with E-state index in [0.717, 1.165) is 12.0 Å². The van der Waals surface area contributed by atoms with Crippen LogP contribution < -0.4 is 0 Å². The molecule has 1 saturated heterocycles. The largest absolute Gasteiger partial charge is 0.301 e. The van der Waals surface area contributed by atoms with Crippen molar-refractivity contribution in [3.63, 3.8) is 0 Å². The van der Waals surface area contributed by atoms with E-state index in [1.807, 2.05) is 0 Å². The summed E-state index contributed by atoms with van der Waals surface area (Å²) in [6.45, 7) is 9.60. The van der Waals surface area contributed by atoms with E-state index in [0.29, 0.717) is 0 Å². The Kier molecular flexibility index (Phi) is 4.07. The van der Waals surface area contributed by atoms with Gasteiger partial charge in [0.2, 0.25) is 0 Å². The molecule has 0 radical (unpaired) electrons. The normalized spacial score (nSPS) is 25.5. The van der Waals surface area contributed by atoms with Crippen molar-refractivity contribution in [2.45, 2.75) is 52.5 Å². The van der Waals surface area contributed by atoms with Gasteiger partial charge in [0.1, 0.15) is 0 Å². The monoisotopic (exact) mass is 169 g/mol. The van der Waals surface area contributed by atoms with Crippen LogP contribution in [0.15, 0.2) is 0 Å². The molecule has 0 spiro atoms. The van der Waals surface area contributed by atoms with E-state index in [2.05, 4.69) is 25.7 Å². The summed E-state index contributed by atoms with van der Waals surface area (Å²) in [6, 6.07) is 0.761. The molecule has 0 bridgehead atoms. The van der Waals surface area contributed by atoms with Gasteiger partial charge in [-0.1, -0.05) is 19.8 Å². The summed E-state index contributed by atoms with van der Waals surface area (Å²) in [7, 11) is 0. The van der Waals surface area contributed by atoms with Gasteiger partial charge in [0.15, 0.2) is 0 Å². The lowest BCUT2D eigenvalue weighted by atomic mass is 10.0. The fraction of sp³-hybridized carbons (Fsp3) is 1.00. The average Bonchev–Trinajstić information content (AvgIpc) is 2.48. The first-order valence-electron chi connectivity index (χ1n) is 5.48. The van der Waals surface area contributed by atoms with E-state index in [1.165, 1.54) is 38.8 Å². The molecular weight excluding hydrogens is 146 g/mol. The third-order valence-electron chi connectivity index (χ3n) is 3.01. The van der Waals surface area contributed by atoms with Gasteiger partial charge in [-0.25, -0.2) is 0 Å². The predicted molar refractivity (Wildman–Crippen MR) is 54.3 cm³/mol. The molecule has 1 nitrogen and oxygen atoms in total. The van der Waals surface area contributed by atoms with Crippen LogP contribution in [0.3, 0.4) is 0 Å². The molecule has 72 valence electrons. The van der Waals surface area contributed by atoms with E-state index >= 15 is 0 Å². The van der Waals surface area contributed by atoms with Gasteiger partial charge in [-0.05, 0) is 39.2 Å². The second kappa shape index (κ2) is 4.86. The van der Waals surface area contributed by atoms with E-state index in [9.17, 15) is 0 Å². The van der Waals surface area contributed by atoms with E-state index < -0.39 is 0 Å². The van der Waals surface area contributed by atoms with E-state index in [-0.39, 0.29) is 0 Å². The van der Waals surface area contributed by atoms with E-state index in [1.54, 1.807) is 0 Å². The Hall–Kier alpha value is -0.0400. The maximum atomic E-state index is 2.61. The van der Waals surface area contributed by atoms with Crippen LogP contribution in [0, 0.1) is 5.92 Å². The highest BCUT2D eigenvalue weighted by atomic mass is 15.2. The highest BCUT2D eigenvalue weighted by Crippen LogP contribution is 2.22. The van der Waals surface area contributed by atoms with Gasteiger partial charge in [0.05, 0.1) is 0 Å². The SMILES string of the molecule is CCCCC1CCN(C(C)C)C1. The average molecular weight is 169 g/mol. The van der Waals surface area contributed by atoms with Crippen molar-refractivity contribution in [1.82, 2.24) is 4.90 Å². The number of likely N-dealkylation sites (tertiary alicyclic amines) is 1. The van der Waals surface area contributed by atoms with Crippen LogP contribution in [0.2, 0.25) is 0 Å². The summed E-state index contributed by atoms with van der Waals surface area (Å²) in [5, 5.41) is 0. The highest BCUT2D eigenvalue weighted by Gasteiger charge is 2.23. The summed E-state index contributed by atoms with van der Waals surface area (Å²) in [5.41, 5.74) is 0. The minimum atomic E-state index is 0.761. The molecule has 1 aliphatic rings. The molecule has 1 atom stereocenters. The summed E-state index contributed by atoms with van der Waals surface area (Å²) in [6.07, 6.45) is 5.69. The van der Waals surface area contributed by atoms with Gasteiger partial charge in [0.25, 0.3) is 0 Å². The fourth-order valence-corrected chi connectivity index (χ4v) is 2.06. The molecule has 1 unspecified atom stereocenters. The van der Waals surface area contributed by atoms with E-state index in [4.69, 9.17) is 0 Å². The second-order valence-corrected chi connectivity index (χ2v) is 4.39. The quantitative estimate of drug-likeness (QED) is 0.625. The topological polar surface area (TPSA) is 3.24 Å². The summed E-state index contributed by atoms with van der Waals surface area (Å²) < 4.78 is 0. The zero-order valence-corrected chi connectivity index (χ0v) is 8.84. The zero-order chi connectivity index (χ0) is 8.97. The third-order valence-corrected chi connectivity index (χ3v) is 3.01. The van der Waals surface area contributed by atoms with Gasteiger partial charge in [0, 0.05) is 12.6 Å². The Morgan fingerprint density at radius 3 is 2.67 bits per heavy atom. The van der Waals surface area contributed by atoms with Crippen LogP contribution >= 0.6 is 0 Å². The van der Waals surface area contributed by atoms with Gasteiger partial charge >= 0.3 is 0 Å². The number of nitrogens with zero attached hydrogens (tertiary/aromatic N) is 1. The standard InChI is InChI=1S/C11H23N/c1-4-5-6-11-7-8-12(9-11)10(2)3/h10-11H,4-9H2,1-3H3. The Morgan fingerprint density at radius 2 is 2.17 bits per heavy atom. The third kappa shape index (κ3) is 2.78. The molecule has 1 heteroatoms. The molecule has 0 aromatic heterocycles. The Bertz CT molecular complexity index is 120. The molecule has 0 saturated carbocycles. The minimum Gasteiger partial charge on any atom is -0.301 e. The van der Waals surface area contributed by atoms with Gasteiger partial charge in [-0.2, -0.15) is 0 Å². The first-order valence-corrected chi connectivity index (χ1v) is 5.48. The maximum Gasteiger partial charge on any atom is 0.00387 e. The molecule has 0 amide bonds. The lowest BCUT2D eigenvalue weighted by Crippen LogP contribution is -2.28. The fourth-order valence-electron chi connectivity index (χ4n) is 2.06. The molecule has 1 fully saturated rings. The summed E-state index contributed by atoms with van der Waals surface area (Å²) >= 11 is 0. The van der Waals surface area contributed by atoms with Crippen LogP contribution in [0.25, 0.3) is 0 Å². The Balaban J connectivity index is 2.17. The van der Waals surface area contributed by atoms with Crippen molar-refractivity contribution in [3.05, 3.63) is 0 Å². The highest BCUT2D eigenvalue weighted by molar-refractivity contribution is 4.77. The van der Waals surface area contributed by atoms with Crippen LogP contribution in [-0.2, 0) is 0 Å². The van der Waals surface area contributed by atoms with Crippen molar-refractivity contribution < 1.29 is 0 Å². The molecule has 1 heterocycles. The molecule has 0 aliphatic carbocycles. The van der Waals surface area contributed by atoms with Gasteiger partial charge in [-0.3, -0.25) is 0 Å². The first-order chi connectivity index (χ1) is 5.74. The second-order valence-electron chi connectivity index (χ2n) is 4.39. The smallest absolute Gasteiger partial charge is 0.00387 e. The van der Waals surface area contributed by atoms with Crippen molar-refractivity contribution >= 4 is 0 Å². The summed E-state index contributed by atoms with van der Waals surface area (Å²) in [5.74, 6) is 1.01. The van der Waals surface area contributed by atoms with Crippen molar-refractivity contribution in [3.8, 4) is 0 Å². The molecule has 0 N–H and O–H groups in total. The predicted octanol–water partition coefficient (Wildman–Crippen LogP) is 2.91. The number of unbranched alkanes of at least 4 members (excludes halogenated alkanes) is 1. The van der Waals surface area contributed by atoms with Crippen molar-refractivity contribution in [1.29, 1.82) is 0 Å². The van der Waals surface area contributed by atoms with Crippen LogP contribution in [0.4, 0.5) is 0 Å². The minimum absolute atomic E-state index is 0.761. The Labute approximate surface area is 77.1 Å². The zero-order valence-electron chi connectivity index (χ0n) is 8.84.